The predicted octanol–water partition coefficient (Wildman–Crippen LogP) is 14.5. The van der Waals surface area contributed by atoms with Gasteiger partial charge in [0.05, 0.1) is 48.8 Å². The van der Waals surface area contributed by atoms with E-state index in [9.17, 15) is 0 Å². The third-order valence-electron chi connectivity index (χ3n) is 13.2. The van der Waals surface area contributed by atoms with Crippen LogP contribution in [0, 0.1) is 0 Å². The Morgan fingerprint density at radius 3 is 1.65 bits per heavy atom. The Morgan fingerprint density at radius 2 is 0.917 bits per heavy atom. The molecule has 0 N–H and O–H groups in total. The quantitative estimate of drug-likeness (QED) is 0.175. The van der Waals surface area contributed by atoms with Crippen molar-refractivity contribution in [1.82, 2.24) is 23.5 Å². The van der Waals surface area contributed by atoms with Crippen LogP contribution < -0.4 is 0 Å². The maximum atomic E-state index is 5.83. The van der Waals surface area contributed by atoms with Crippen LogP contribution in [0.1, 0.15) is 0 Å². The van der Waals surface area contributed by atoms with Gasteiger partial charge in [-0.1, -0.05) is 133 Å². The van der Waals surface area contributed by atoms with Crippen LogP contribution >= 0.6 is 11.3 Å². The number of fused-ring (bicyclic) bond motifs is 20. The highest BCUT2D eigenvalue weighted by Crippen LogP contribution is 2.48. The van der Waals surface area contributed by atoms with Gasteiger partial charge in [0.2, 0.25) is 5.95 Å². The summed E-state index contributed by atoms with van der Waals surface area (Å²) in [5, 5.41) is 15.9. The highest BCUT2D eigenvalue weighted by molar-refractivity contribution is 7.26. The molecule has 6 heterocycles. The van der Waals surface area contributed by atoms with Crippen LogP contribution in [0.15, 0.2) is 176 Å². The van der Waals surface area contributed by atoms with E-state index < -0.39 is 0 Å². The Kier molecular flexibility index (Phi) is 5.74. The minimum Gasteiger partial charge on any atom is -0.308 e. The maximum Gasteiger partial charge on any atom is 0.237 e. The first-order chi connectivity index (χ1) is 29.8. The first-order valence-electron chi connectivity index (χ1n) is 20.4. The van der Waals surface area contributed by atoms with Crippen molar-refractivity contribution in [2.24, 2.45) is 0 Å². The molecule has 0 radical (unpaired) electrons. The van der Waals surface area contributed by atoms with Gasteiger partial charge in [0, 0.05) is 53.2 Å². The van der Waals surface area contributed by atoms with Gasteiger partial charge in [0.1, 0.15) is 0 Å². The highest BCUT2D eigenvalue weighted by atomic mass is 32.1. The summed E-state index contributed by atoms with van der Waals surface area (Å²) in [6, 6.07) is 64.2. The lowest BCUT2D eigenvalue weighted by molar-refractivity contribution is 0.978. The van der Waals surface area contributed by atoms with Crippen LogP contribution in [-0.2, 0) is 0 Å². The first kappa shape index (κ1) is 31.2. The van der Waals surface area contributed by atoms with Crippen molar-refractivity contribution in [3.63, 3.8) is 0 Å². The molecule has 60 heavy (non-hydrogen) atoms. The van der Waals surface area contributed by atoms with Gasteiger partial charge in [0.15, 0.2) is 5.82 Å². The largest absolute Gasteiger partial charge is 0.308 e. The Labute approximate surface area is 344 Å². The molecule has 15 aromatic rings. The Hall–Kier alpha value is -7.80. The van der Waals surface area contributed by atoms with Gasteiger partial charge in [-0.2, -0.15) is 4.98 Å². The summed E-state index contributed by atoms with van der Waals surface area (Å²) in [6.45, 7) is 0. The molecule has 9 aromatic carbocycles. The SMILES string of the molecule is c1ccc2c(c1)ccc1c2c2ccccc2n1-c1nc(-n2c3ccc4ccccc4c3c3cc4c5ccccc5n5c6ccccc6c(c32)c45)nc2c1sc1ccccc12. The van der Waals surface area contributed by atoms with E-state index in [-0.39, 0.29) is 0 Å². The van der Waals surface area contributed by atoms with Crippen molar-refractivity contribution < 1.29 is 0 Å². The van der Waals surface area contributed by atoms with E-state index in [2.05, 4.69) is 189 Å². The minimum atomic E-state index is 0.658. The molecule has 0 fully saturated rings. The lowest BCUT2D eigenvalue weighted by Gasteiger charge is -2.13. The molecule has 0 saturated carbocycles. The van der Waals surface area contributed by atoms with Crippen LogP contribution in [-0.4, -0.2) is 23.5 Å². The van der Waals surface area contributed by atoms with Gasteiger partial charge < -0.3 is 4.40 Å². The fraction of sp³-hybridized carbons (Fsp3) is 0. The predicted molar refractivity (Wildman–Crippen MR) is 253 cm³/mol. The maximum absolute atomic E-state index is 5.83. The van der Waals surface area contributed by atoms with Gasteiger partial charge >= 0.3 is 0 Å². The summed E-state index contributed by atoms with van der Waals surface area (Å²) in [7, 11) is 0. The standard InChI is InChI=1S/C54H29N5S/c1-3-15-32-30(13-1)25-27-43-46(32)35-18-6-11-23-42(35)58(43)53-52-49(37-20-8-12-24-45(37)60-52)55-54(56-53)59-44-28-26-31-14-2-4-16-33(31)47(44)39-29-38-34-17-5-9-21-40(34)57-41-22-10-7-19-36(41)48(50(38)57)51(39)59/h1-29H. The normalized spacial score (nSPS) is 12.7. The van der Waals surface area contributed by atoms with E-state index in [1.807, 2.05) is 0 Å². The average Bonchev–Trinajstić information content (AvgIpc) is 4.10. The zero-order chi connectivity index (χ0) is 38.8. The monoisotopic (exact) mass is 779 g/mol. The zero-order valence-electron chi connectivity index (χ0n) is 31.9. The summed E-state index contributed by atoms with van der Waals surface area (Å²) in [5.74, 6) is 1.55. The third-order valence-corrected chi connectivity index (χ3v) is 14.3. The molecule has 15 rings (SSSR count). The molecule has 276 valence electrons. The van der Waals surface area contributed by atoms with Crippen LogP contribution in [0.5, 0.6) is 0 Å². The van der Waals surface area contributed by atoms with E-state index in [0.29, 0.717) is 5.95 Å². The van der Waals surface area contributed by atoms with Gasteiger partial charge in [-0.3, -0.25) is 9.13 Å². The fourth-order valence-electron chi connectivity index (χ4n) is 10.8. The highest BCUT2D eigenvalue weighted by Gasteiger charge is 2.28. The average molecular weight is 780 g/mol. The number of para-hydroxylation sites is 3. The molecule has 0 aliphatic rings. The third kappa shape index (κ3) is 3.74. The second-order valence-corrected chi connectivity index (χ2v) is 17.1. The minimum absolute atomic E-state index is 0.658. The molecule has 5 nitrogen and oxygen atoms in total. The van der Waals surface area contributed by atoms with Crippen LogP contribution in [0.3, 0.4) is 0 Å². The lowest BCUT2D eigenvalue weighted by Crippen LogP contribution is -2.06. The number of thiophene rings is 1. The molecular weight excluding hydrogens is 751 g/mol. The number of hydrogen-bond acceptors (Lipinski definition) is 3. The molecule has 0 spiro atoms. The second kappa shape index (κ2) is 11.0. The molecule has 6 heteroatoms. The van der Waals surface area contributed by atoms with Crippen LogP contribution in [0.2, 0.25) is 0 Å². The van der Waals surface area contributed by atoms with E-state index in [1.165, 1.54) is 85.9 Å². The molecule has 0 bridgehead atoms. The van der Waals surface area contributed by atoms with Gasteiger partial charge in [0.25, 0.3) is 0 Å². The number of hydrogen-bond donors (Lipinski definition) is 0. The molecule has 0 aliphatic carbocycles. The molecule has 6 aromatic heterocycles. The van der Waals surface area contributed by atoms with Gasteiger partial charge in [-0.25, -0.2) is 4.98 Å². The summed E-state index contributed by atoms with van der Waals surface area (Å²) in [5.41, 5.74) is 9.08. The van der Waals surface area contributed by atoms with Crippen molar-refractivity contribution in [2.75, 3.05) is 0 Å². The Morgan fingerprint density at radius 1 is 0.367 bits per heavy atom. The molecule has 0 saturated heterocycles. The van der Waals surface area contributed by atoms with Gasteiger partial charge in [-0.15, -0.1) is 11.3 Å². The van der Waals surface area contributed by atoms with Crippen LogP contribution in [0.25, 0.3) is 135 Å². The van der Waals surface area contributed by atoms with Gasteiger partial charge in [-0.05, 0) is 64.0 Å². The fourth-order valence-corrected chi connectivity index (χ4v) is 11.9. The Balaban J connectivity index is 1.19. The van der Waals surface area contributed by atoms with Crippen molar-refractivity contribution in [2.45, 2.75) is 0 Å². The number of aromatic nitrogens is 5. The van der Waals surface area contributed by atoms with Crippen molar-refractivity contribution in [3.05, 3.63) is 176 Å². The molecule has 0 unspecified atom stereocenters. The van der Waals surface area contributed by atoms with E-state index in [0.717, 1.165) is 43.5 Å². The topological polar surface area (TPSA) is 40.0 Å². The van der Waals surface area contributed by atoms with Crippen molar-refractivity contribution >= 4 is 135 Å². The molecular formula is C54H29N5S. The Bertz CT molecular complexity index is 4370. The summed E-state index contributed by atoms with van der Waals surface area (Å²) in [6.07, 6.45) is 0. The summed E-state index contributed by atoms with van der Waals surface area (Å²) >= 11 is 1.77. The second-order valence-electron chi connectivity index (χ2n) is 16.1. The molecule has 0 amide bonds. The van der Waals surface area contributed by atoms with Crippen molar-refractivity contribution in [3.8, 4) is 11.8 Å². The summed E-state index contributed by atoms with van der Waals surface area (Å²) < 4.78 is 9.51. The lowest BCUT2D eigenvalue weighted by atomic mass is 10.0. The smallest absolute Gasteiger partial charge is 0.237 e. The van der Waals surface area contributed by atoms with E-state index >= 15 is 0 Å². The van der Waals surface area contributed by atoms with E-state index in [4.69, 9.17) is 9.97 Å². The number of benzene rings is 9. The molecule has 0 aliphatic heterocycles. The molecule has 0 atom stereocenters. The first-order valence-corrected chi connectivity index (χ1v) is 21.2. The summed E-state index contributed by atoms with van der Waals surface area (Å²) in [4.78, 5) is 11.5. The number of nitrogens with zero attached hydrogens (tertiary/aromatic N) is 5. The van der Waals surface area contributed by atoms with Crippen LogP contribution in [0.4, 0.5) is 0 Å². The van der Waals surface area contributed by atoms with Crippen molar-refractivity contribution in [1.29, 1.82) is 0 Å². The van der Waals surface area contributed by atoms with E-state index in [1.54, 1.807) is 11.3 Å². The zero-order valence-corrected chi connectivity index (χ0v) is 32.7. The number of rotatable bonds is 2.